The van der Waals surface area contributed by atoms with Gasteiger partial charge in [0.15, 0.2) is 0 Å². The lowest BCUT2D eigenvalue weighted by Gasteiger charge is -2.17. The molecule has 18 heavy (non-hydrogen) atoms. The summed E-state index contributed by atoms with van der Waals surface area (Å²) in [5.74, 6) is 0.633. The van der Waals surface area contributed by atoms with Gasteiger partial charge < -0.3 is 14.8 Å². The zero-order chi connectivity index (χ0) is 13.2. The molecular formula is C13H23N3O2. The zero-order valence-electron chi connectivity index (χ0n) is 11.5. The van der Waals surface area contributed by atoms with Gasteiger partial charge in [-0.15, -0.1) is 0 Å². The minimum absolute atomic E-state index is 0.277. The molecule has 1 unspecified atom stereocenters. The molecule has 5 heteroatoms. The molecule has 0 aliphatic rings. The smallest absolute Gasteiger partial charge is 0.216 e. The van der Waals surface area contributed by atoms with Gasteiger partial charge in [-0.1, -0.05) is 6.92 Å². The van der Waals surface area contributed by atoms with Crippen LogP contribution in [0.15, 0.2) is 12.4 Å². The molecule has 1 atom stereocenters. The van der Waals surface area contributed by atoms with Gasteiger partial charge in [-0.2, -0.15) is 0 Å². The molecule has 0 saturated carbocycles. The van der Waals surface area contributed by atoms with Crippen LogP contribution in [0.2, 0.25) is 0 Å². The summed E-state index contributed by atoms with van der Waals surface area (Å²) in [6.45, 7) is 6.37. The number of nitrogens with zero attached hydrogens (tertiary/aromatic N) is 2. The highest BCUT2D eigenvalue weighted by Gasteiger charge is 2.10. The molecular weight excluding hydrogens is 230 g/mol. The largest absolute Gasteiger partial charge is 0.478 e. The molecule has 0 aliphatic heterocycles. The first-order chi connectivity index (χ1) is 8.80. The van der Waals surface area contributed by atoms with Gasteiger partial charge in [0.1, 0.15) is 6.33 Å². The first kappa shape index (κ1) is 14.9. The van der Waals surface area contributed by atoms with E-state index in [-0.39, 0.29) is 6.04 Å². The normalized spacial score (nSPS) is 12.4. The van der Waals surface area contributed by atoms with E-state index >= 15 is 0 Å². The Bertz CT molecular complexity index is 334. The van der Waals surface area contributed by atoms with Crippen LogP contribution in [0, 0.1) is 0 Å². The second-order valence-corrected chi connectivity index (χ2v) is 4.09. The topological polar surface area (TPSA) is 56.3 Å². The van der Waals surface area contributed by atoms with E-state index in [1.54, 1.807) is 13.4 Å². The quantitative estimate of drug-likeness (QED) is 0.721. The van der Waals surface area contributed by atoms with Crippen LogP contribution in [0.3, 0.4) is 0 Å². The monoisotopic (exact) mass is 253 g/mol. The van der Waals surface area contributed by atoms with E-state index in [4.69, 9.17) is 9.47 Å². The average Bonchev–Trinajstić information content (AvgIpc) is 2.37. The van der Waals surface area contributed by atoms with Crippen LogP contribution in [-0.2, 0) is 11.2 Å². The van der Waals surface area contributed by atoms with Crippen molar-refractivity contribution in [2.75, 3.05) is 26.9 Å². The Morgan fingerprint density at radius 3 is 2.83 bits per heavy atom. The van der Waals surface area contributed by atoms with Gasteiger partial charge in [0, 0.05) is 31.3 Å². The Morgan fingerprint density at radius 2 is 2.17 bits per heavy atom. The molecule has 1 N–H and O–H groups in total. The molecule has 0 amide bonds. The molecule has 102 valence electrons. The molecule has 0 bridgehead atoms. The fourth-order valence-electron chi connectivity index (χ4n) is 1.71. The van der Waals surface area contributed by atoms with Gasteiger partial charge in [-0.3, -0.25) is 0 Å². The van der Waals surface area contributed by atoms with Crippen LogP contribution in [0.4, 0.5) is 0 Å². The second-order valence-electron chi connectivity index (χ2n) is 4.09. The van der Waals surface area contributed by atoms with Crippen LogP contribution < -0.4 is 10.1 Å². The summed E-state index contributed by atoms with van der Waals surface area (Å²) < 4.78 is 10.6. The minimum Gasteiger partial charge on any atom is -0.478 e. The lowest BCUT2D eigenvalue weighted by atomic mass is 10.1. The average molecular weight is 253 g/mol. The van der Waals surface area contributed by atoms with Gasteiger partial charge in [0.05, 0.1) is 13.2 Å². The van der Waals surface area contributed by atoms with Gasteiger partial charge in [0.2, 0.25) is 5.88 Å². The fourth-order valence-corrected chi connectivity index (χ4v) is 1.71. The number of methoxy groups -OCH3 is 1. The lowest BCUT2D eigenvalue weighted by Crippen LogP contribution is -2.35. The van der Waals surface area contributed by atoms with Crippen LogP contribution in [0.5, 0.6) is 5.88 Å². The van der Waals surface area contributed by atoms with E-state index in [1.165, 1.54) is 0 Å². The molecule has 1 heterocycles. The van der Waals surface area contributed by atoms with Crippen molar-refractivity contribution < 1.29 is 9.47 Å². The molecule has 1 aromatic rings. The lowest BCUT2D eigenvalue weighted by molar-refractivity contribution is 0.165. The third-order valence-corrected chi connectivity index (χ3v) is 2.50. The van der Waals surface area contributed by atoms with Crippen molar-refractivity contribution >= 4 is 0 Å². The van der Waals surface area contributed by atoms with E-state index in [9.17, 15) is 0 Å². The maximum absolute atomic E-state index is 5.37. The summed E-state index contributed by atoms with van der Waals surface area (Å²) in [5, 5.41) is 3.44. The molecule has 1 rings (SSSR count). The summed E-state index contributed by atoms with van der Waals surface area (Å²) in [5.41, 5.74) is 0.971. The molecule has 0 fully saturated rings. The number of hydrogen-bond donors (Lipinski definition) is 1. The van der Waals surface area contributed by atoms with E-state index in [1.807, 2.05) is 13.0 Å². The molecule has 5 nitrogen and oxygen atoms in total. The summed E-state index contributed by atoms with van der Waals surface area (Å²) in [6, 6.07) is 2.17. The molecule has 0 saturated heterocycles. The maximum atomic E-state index is 5.37. The Hall–Kier alpha value is -1.20. The number of nitrogens with one attached hydrogen (secondary N) is 1. The summed E-state index contributed by atoms with van der Waals surface area (Å²) >= 11 is 0. The van der Waals surface area contributed by atoms with Crippen molar-refractivity contribution in [3.05, 3.63) is 18.1 Å². The highest BCUT2D eigenvalue weighted by atomic mass is 16.5. The molecule has 0 aromatic carbocycles. The molecule has 1 aromatic heterocycles. The minimum atomic E-state index is 0.277. The van der Waals surface area contributed by atoms with Crippen LogP contribution in [0.1, 0.15) is 26.0 Å². The third kappa shape index (κ3) is 5.42. The van der Waals surface area contributed by atoms with Crippen molar-refractivity contribution in [3.63, 3.8) is 0 Å². The first-order valence-electron chi connectivity index (χ1n) is 6.46. The van der Waals surface area contributed by atoms with Crippen LogP contribution in [-0.4, -0.2) is 42.9 Å². The van der Waals surface area contributed by atoms with E-state index in [2.05, 4.69) is 22.2 Å². The van der Waals surface area contributed by atoms with Crippen LogP contribution in [0.25, 0.3) is 0 Å². The van der Waals surface area contributed by atoms with Crippen LogP contribution >= 0.6 is 0 Å². The van der Waals surface area contributed by atoms with Crippen molar-refractivity contribution in [2.45, 2.75) is 32.7 Å². The van der Waals surface area contributed by atoms with Crippen molar-refractivity contribution in [1.82, 2.24) is 15.3 Å². The molecule has 0 spiro atoms. The zero-order valence-corrected chi connectivity index (χ0v) is 11.5. The number of ether oxygens (including phenoxy) is 2. The Labute approximate surface area is 109 Å². The maximum Gasteiger partial charge on any atom is 0.216 e. The van der Waals surface area contributed by atoms with E-state index < -0.39 is 0 Å². The summed E-state index contributed by atoms with van der Waals surface area (Å²) in [7, 11) is 1.71. The van der Waals surface area contributed by atoms with Gasteiger partial charge in [-0.05, 0) is 19.9 Å². The first-order valence-corrected chi connectivity index (χ1v) is 6.46. The Morgan fingerprint density at radius 1 is 1.33 bits per heavy atom. The molecule has 0 radical (unpaired) electrons. The Kier molecular flexibility index (Phi) is 7.29. The predicted molar refractivity (Wildman–Crippen MR) is 70.9 cm³/mol. The SMILES string of the molecule is CCCNC(COC)Cc1cc(OCC)ncn1. The second kappa shape index (κ2) is 8.83. The summed E-state index contributed by atoms with van der Waals surface area (Å²) in [4.78, 5) is 8.32. The highest BCUT2D eigenvalue weighted by Crippen LogP contribution is 2.08. The van der Waals surface area contributed by atoms with Crippen molar-refractivity contribution in [2.24, 2.45) is 0 Å². The predicted octanol–water partition coefficient (Wildman–Crippen LogP) is 1.43. The standard InChI is InChI=1S/C13H23N3O2/c1-4-6-14-12(9-17-3)7-11-8-13(18-5-2)16-10-15-11/h8,10,12,14H,4-7,9H2,1-3H3. The van der Waals surface area contributed by atoms with Gasteiger partial charge in [0.25, 0.3) is 0 Å². The highest BCUT2D eigenvalue weighted by molar-refractivity contribution is 5.14. The third-order valence-electron chi connectivity index (χ3n) is 2.50. The number of aromatic nitrogens is 2. The van der Waals surface area contributed by atoms with Gasteiger partial charge in [-0.25, -0.2) is 9.97 Å². The van der Waals surface area contributed by atoms with Gasteiger partial charge >= 0.3 is 0 Å². The van der Waals surface area contributed by atoms with Crippen molar-refractivity contribution in [3.8, 4) is 5.88 Å². The fraction of sp³-hybridized carbons (Fsp3) is 0.692. The number of hydrogen-bond acceptors (Lipinski definition) is 5. The molecule has 0 aliphatic carbocycles. The van der Waals surface area contributed by atoms with E-state index in [0.29, 0.717) is 19.1 Å². The number of rotatable bonds is 9. The van der Waals surface area contributed by atoms with E-state index in [0.717, 1.165) is 25.1 Å². The Balaban J connectivity index is 2.58. The van der Waals surface area contributed by atoms with Crippen molar-refractivity contribution in [1.29, 1.82) is 0 Å². The summed E-state index contributed by atoms with van der Waals surface area (Å²) in [6.07, 6.45) is 3.47.